The van der Waals surface area contributed by atoms with Crippen LogP contribution in [0.5, 0.6) is 0 Å². The zero-order valence-electron chi connectivity index (χ0n) is 48.2. The summed E-state index contributed by atoms with van der Waals surface area (Å²) in [7, 11) is 0. The second-order valence-electron chi connectivity index (χ2n) is 22.0. The fourth-order valence-electron chi connectivity index (χ4n) is 12.4. The molecule has 0 aliphatic heterocycles. The molecular formula is C77H33F6N11. The highest BCUT2D eigenvalue weighted by molar-refractivity contribution is 6.14. The molecule has 13 aromatic rings. The maximum Gasteiger partial charge on any atom is 0.417 e. The number of nitriles is 9. The molecule has 0 saturated heterocycles. The molecular weight excluding hydrogens is 1190 g/mol. The number of rotatable bonds is 8. The Balaban J connectivity index is 1.16. The van der Waals surface area contributed by atoms with Crippen LogP contribution in [0.4, 0.5) is 26.3 Å². The van der Waals surface area contributed by atoms with Crippen molar-refractivity contribution in [3.63, 3.8) is 0 Å². The molecule has 13 rings (SSSR count). The van der Waals surface area contributed by atoms with Gasteiger partial charge in [-0.25, -0.2) is 0 Å². The lowest BCUT2D eigenvalue weighted by atomic mass is 9.90. The number of hydrogen-bond donors (Lipinski definition) is 0. The van der Waals surface area contributed by atoms with Gasteiger partial charge in [-0.05, 0) is 208 Å². The zero-order chi connectivity index (χ0) is 65.9. The molecule has 11 aromatic carbocycles. The van der Waals surface area contributed by atoms with E-state index in [1.165, 1.54) is 42.5 Å². The fourth-order valence-corrected chi connectivity index (χ4v) is 12.4. The van der Waals surface area contributed by atoms with Crippen LogP contribution in [-0.2, 0) is 12.4 Å². The SMILES string of the molecule is N#Cc1cc(C#N)cc(-c2ccc3c(c2)c2cc(-c4cc(C#N)cc(C#N)c4)ccc2n3-c2ccc(C#N)cc2-c2ccc(-c3c(C(F)(F)F)cccc3C(F)(F)F)cc2-n2c3ccc(-c4cc(C#N)cc(C#N)c4)cc3c3cc(-c4cc(C#N)cc(C#N)c4)ccc32)c1. The zero-order valence-corrected chi connectivity index (χ0v) is 48.2. The third-order valence-corrected chi connectivity index (χ3v) is 16.5. The van der Waals surface area contributed by atoms with E-state index in [1.54, 1.807) is 120 Å². The molecule has 0 aliphatic carbocycles. The number of nitrogens with zero attached hydrogens (tertiary/aromatic N) is 11. The Morgan fingerprint density at radius 2 is 0.543 bits per heavy atom. The van der Waals surface area contributed by atoms with Gasteiger partial charge in [0.2, 0.25) is 0 Å². The van der Waals surface area contributed by atoms with Crippen molar-refractivity contribution < 1.29 is 26.3 Å². The lowest BCUT2D eigenvalue weighted by molar-refractivity contribution is -0.142. The minimum absolute atomic E-state index is 0.0395. The lowest BCUT2D eigenvalue weighted by Gasteiger charge is -2.22. The third kappa shape index (κ3) is 10.3. The van der Waals surface area contributed by atoms with Gasteiger partial charge in [0.15, 0.2) is 0 Å². The quantitative estimate of drug-likeness (QED) is 0.132. The summed E-state index contributed by atoms with van der Waals surface area (Å²) in [6.07, 6.45) is -10.6. The first kappa shape index (κ1) is 59.0. The summed E-state index contributed by atoms with van der Waals surface area (Å²) in [4.78, 5) is 0. The molecule has 0 radical (unpaired) electrons. The van der Waals surface area contributed by atoms with Crippen LogP contribution in [0.3, 0.4) is 0 Å². The largest absolute Gasteiger partial charge is 0.417 e. The minimum atomic E-state index is -5.30. The van der Waals surface area contributed by atoms with Crippen LogP contribution in [0.25, 0.3) is 122 Å². The molecule has 94 heavy (non-hydrogen) atoms. The van der Waals surface area contributed by atoms with E-state index < -0.39 is 34.6 Å². The van der Waals surface area contributed by atoms with Gasteiger partial charge < -0.3 is 9.13 Å². The Morgan fingerprint density at radius 3 is 0.840 bits per heavy atom. The molecule has 2 aromatic heterocycles. The van der Waals surface area contributed by atoms with E-state index in [0.29, 0.717) is 112 Å². The van der Waals surface area contributed by atoms with Crippen LogP contribution in [-0.4, -0.2) is 9.13 Å². The smallest absolute Gasteiger partial charge is 0.309 e. The standard InChI is InChI=1S/C77H33F6N11/c78-76(79,80)67-2-1-3-68(77(81,82)83)75(67)56-5-10-61(74(33-56)94-72-14-8-54(59-24-48(39-89)18-49(25-59)40-90)31-65(72)66-32-55(9-15-73(66)94)60-26-50(41-91)19-51(27-60)42-92)62-28-43(34-84)4-11-69(62)93-70-12-6-52(57-20-44(35-85)16-45(21-57)36-86)29-63(70)64-30-53(7-13-71(64)93)58-22-46(37-87)17-47(23-58)38-88/h1-33H. The van der Waals surface area contributed by atoms with E-state index in [0.717, 1.165) is 0 Å². The Morgan fingerprint density at radius 1 is 0.245 bits per heavy atom. The summed E-state index contributed by atoms with van der Waals surface area (Å²) in [5.74, 6) is 0. The molecule has 0 unspecified atom stereocenters. The Labute approximate surface area is 530 Å². The number of fused-ring (bicyclic) bond motifs is 6. The van der Waals surface area contributed by atoms with Crippen molar-refractivity contribution in [2.45, 2.75) is 12.4 Å². The second-order valence-corrected chi connectivity index (χ2v) is 22.0. The molecule has 0 amide bonds. The van der Waals surface area contributed by atoms with E-state index in [-0.39, 0.29) is 66.9 Å². The molecule has 0 N–H and O–H groups in total. The highest BCUT2D eigenvalue weighted by Gasteiger charge is 2.41. The van der Waals surface area contributed by atoms with Gasteiger partial charge in [0.05, 0.1) is 149 Å². The van der Waals surface area contributed by atoms with Crippen molar-refractivity contribution in [2.24, 2.45) is 0 Å². The summed E-state index contributed by atoms with van der Waals surface area (Å²) < 4.78 is 95.9. The van der Waals surface area contributed by atoms with Crippen LogP contribution >= 0.6 is 0 Å². The van der Waals surface area contributed by atoms with Gasteiger partial charge in [0, 0.05) is 38.2 Å². The van der Waals surface area contributed by atoms with Crippen molar-refractivity contribution in [3.8, 4) is 133 Å². The first-order valence-electron chi connectivity index (χ1n) is 28.3. The number of halogens is 6. The van der Waals surface area contributed by atoms with Gasteiger partial charge in [0.25, 0.3) is 0 Å². The first-order chi connectivity index (χ1) is 45.4. The van der Waals surface area contributed by atoms with Crippen LogP contribution in [0.2, 0.25) is 0 Å². The van der Waals surface area contributed by atoms with Gasteiger partial charge in [-0.3, -0.25) is 0 Å². The average molecular weight is 1230 g/mol. The maximum absolute atomic E-state index is 15.4. The molecule has 0 bridgehead atoms. The van der Waals surface area contributed by atoms with E-state index in [1.807, 2.05) is 28.8 Å². The van der Waals surface area contributed by atoms with Gasteiger partial charge in [0.1, 0.15) is 0 Å². The molecule has 438 valence electrons. The third-order valence-electron chi connectivity index (χ3n) is 16.5. The highest BCUT2D eigenvalue weighted by atomic mass is 19.4. The summed E-state index contributed by atoms with van der Waals surface area (Å²) >= 11 is 0. The normalized spacial score (nSPS) is 11.2. The van der Waals surface area contributed by atoms with Crippen LogP contribution < -0.4 is 0 Å². The number of alkyl halides is 6. The monoisotopic (exact) mass is 1230 g/mol. The van der Waals surface area contributed by atoms with E-state index >= 15 is 26.3 Å². The molecule has 0 spiro atoms. The number of benzene rings is 11. The van der Waals surface area contributed by atoms with Gasteiger partial charge in [-0.1, -0.05) is 42.5 Å². The van der Waals surface area contributed by atoms with E-state index in [9.17, 15) is 47.4 Å². The van der Waals surface area contributed by atoms with Crippen molar-refractivity contribution in [2.75, 3.05) is 0 Å². The molecule has 11 nitrogen and oxygen atoms in total. The van der Waals surface area contributed by atoms with Crippen molar-refractivity contribution >= 4 is 43.6 Å². The summed E-state index contributed by atoms with van der Waals surface area (Å²) in [5.41, 5.74) is 3.96. The molecule has 17 heteroatoms. The minimum Gasteiger partial charge on any atom is -0.309 e. The second kappa shape index (κ2) is 22.9. The maximum atomic E-state index is 15.4. The molecule has 0 fully saturated rings. The molecule has 0 saturated carbocycles. The molecule has 0 aliphatic rings. The topological polar surface area (TPSA) is 224 Å². The van der Waals surface area contributed by atoms with E-state index in [2.05, 4.69) is 54.6 Å². The van der Waals surface area contributed by atoms with Crippen LogP contribution in [0.1, 0.15) is 61.2 Å². The summed E-state index contributed by atoms with van der Waals surface area (Å²) in [5, 5.41) is 93.2. The van der Waals surface area contributed by atoms with Crippen LogP contribution in [0.15, 0.2) is 200 Å². The predicted molar refractivity (Wildman–Crippen MR) is 340 cm³/mol. The number of aromatic nitrogens is 2. The summed E-state index contributed by atoms with van der Waals surface area (Å²) in [6.45, 7) is 0. The van der Waals surface area contributed by atoms with Crippen molar-refractivity contribution in [3.05, 3.63) is 261 Å². The molecule has 0 atom stereocenters. The lowest BCUT2D eigenvalue weighted by Crippen LogP contribution is -2.14. The van der Waals surface area contributed by atoms with Crippen molar-refractivity contribution in [1.29, 1.82) is 47.4 Å². The first-order valence-corrected chi connectivity index (χ1v) is 28.3. The molecule has 2 heterocycles. The summed E-state index contributed by atoms with van der Waals surface area (Å²) in [6, 6.07) is 69.6. The Kier molecular flexibility index (Phi) is 14.4. The van der Waals surface area contributed by atoms with Gasteiger partial charge in [-0.15, -0.1) is 0 Å². The van der Waals surface area contributed by atoms with Crippen molar-refractivity contribution in [1.82, 2.24) is 9.13 Å². The van der Waals surface area contributed by atoms with Gasteiger partial charge in [-0.2, -0.15) is 73.7 Å². The highest BCUT2D eigenvalue weighted by Crippen LogP contribution is 2.49. The van der Waals surface area contributed by atoms with E-state index in [4.69, 9.17) is 0 Å². The Hall–Kier alpha value is -14.0. The number of hydrogen-bond acceptors (Lipinski definition) is 9. The fraction of sp³-hybridized carbons (Fsp3) is 0.0260. The average Bonchev–Trinajstić information content (AvgIpc) is 1.54. The van der Waals surface area contributed by atoms with Crippen LogP contribution in [0, 0.1) is 102 Å². The predicted octanol–water partition coefficient (Wildman–Crippen LogP) is 18.8. The van der Waals surface area contributed by atoms with Gasteiger partial charge >= 0.3 is 12.4 Å². The Bertz CT molecular complexity index is 5490.